The molecule has 0 atom stereocenters. The van der Waals surface area contributed by atoms with E-state index in [9.17, 15) is 18.0 Å². The van der Waals surface area contributed by atoms with Gasteiger partial charge in [-0.25, -0.2) is 8.42 Å². The van der Waals surface area contributed by atoms with Crippen molar-refractivity contribution >= 4 is 33.2 Å². The third kappa shape index (κ3) is 5.14. The van der Waals surface area contributed by atoms with Crippen LogP contribution in [-0.4, -0.2) is 44.2 Å². The summed E-state index contributed by atoms with van der Waals surface area (Å²) < 4.78 is 27.8. The maximum absolute atomic E-state index is 13.1. The molecule has 31 heavy (non-hydrogen) atoms. The molecule has 0 aliphatic carbocycles. The molecule has 0 radical (unpaired) electrons. The molecule has 1 aliphatic heterocycles. The first-order valence-corrected chi connectivity index (χ1v) is 12.1. The average molecular weight is 444 g/mol. The minimum Gasteiger partial charge on any atom is -0.323 e. The highest BCUT2D eigenvalue weighted by molar-refractivity contribution is 7.89. The van der Waals surface area contributed by atoms with E-state index in [1.54, 1.807) is 24.3 Å². The van der Waals surface area contributed by atoms with Gasteiger partial charge in [-0.1, -0.05) is 38.8 Å². The third-order valence-electron chi connectivity index (χ3n) is 5.28. The summed E-state index contributed by atoms with van der Waals surface area (Å²) in [4.78, 5) is 26.7. The number of unbranched alkanes of at least 4 members (excludes halogenated alkanes) is 2. The minimum absolute atomic E-state index is 0.0856. The zero-order valence-corrected chi connectivity index (χ0v) is 18.8. The monoisotopic (exact) mass is 443 g/mol. The van der Waals surface area contributed by atoms with Crippen LogP contribution in [0.3, 0.4) is 0 Å². The normalized spacial score (nSPS) is 13.8. The number of hydrogen-bond acceptors (Lipinski definition) is 4. The first kappa shape index (κ1) is 23.0. The molecule has 0 saturated heterocycles. The SMILES string of the molecule is CCCCN(CCCC)S(=O)(=O)c1ccc(C(=O)N2CC(=O)Nc3ccccc32)cc1. The molecule has 2 aromatic rings. The summed E-state index contributed by atoms with van der Waals surface area (Å²) in [6, 6.07) is 13.1. The van der Waals surface area contributed by atoms with E-state index < -0.39 is 10.0 Å². The van der Waals surface area contributed by atoms with Gasteiger partial charge in [-0.2, -0.15) is 4.31 Å². The number of para-hydroxylation sites is 2. The molecule has 1 aliphatic rings. The van der Waals surface area contributed by atoms with Gasteiger partial charge in [0, 0.05) is 18.7 Å². The highest BCUT2D eigenvalue weighted by atomic mass is 32.2. The van der Waals surface area contributed by atoms with Crippen LogP contribution >= 0.6 is 0 Å². The number of anilines is 2. The number of rotatable bonds is 9. The molecule has 0 bridgehead atoms. The first-order chi connectivity index (χ1) is 14.9. The molecule has 2 aromatic carbocycles. The summed E-state index contributed by atoms with van der Waals surface area (Å²) in [5.41, 5.74) is 1.53. The zero-order chi connectivity index (χ0) is 22.4. The fourth-order valence-electron chi connectivity index (χ4n) is 3.51. The van der Waals surface area contributed by atoms with E-state index in [2.05, 4.69) is 5.32 Å². The molecule has 1 heterocycles. The average Bonchev–Trinajstić information content (AvgIpc) is 2.78. The van der Waals surface area contributed by atoms with Gasteiger partial charge in [-0.15, -0.1) is 0 Å². The maximum atomic E-state index is 13.1. The van der Waals surface area contributed by atoms with Crippen LogP contribution in [0.2, 0.25) is 0 Å². The lowest BCUT2D eigenvalue weighted by molar-refractivity contribution is -0.115. The number of benzene rings is 2. The van der Waals surface area contributed by atoms with Crippen LogP contribution in [0.4, 0.5) is 11.4 Å². The maximum Gasteiger partial charge on any atom is 0.258 e. The van der Waals surface area contributed by atoms with Gasteiger partial charge < -0.3 is 5.32 Å². The third-order valence-corrected chi connectivity index (χ3v) is 7.19. The lowest BCUT2D eigenvalue weighted by Crippen LogP contribution is -2.42. The van der Waals surface area contributed by atoms with Gasteiger partial charge in [0.15, 0.2) is 0 Å². The number of sulfonamides is 1. The molecule has 2 amide bonds. The van der Waals surface area contributed by atoms with Gasteiger partial charge in [0.25, 0.3) is 5.91 Å². The van der Waals surface area contributed by atoms with E-state index in [4.69, 9.17) is 0 Å². The molecule has 1 N–H and O–H groups in total. The van der Waals surface area contributed by atoms with Crippen molar-refractivity contribution in [2.45, 2.75) is 44.4 Å². The molecule has 0 aromatic heterocycles. The Labute approximate surface area is 184 Å². The fraction of sp³-hybridized carbons (Fsp3) is 0.391. The summed E-state index contributed by atoms with van der Waals surface area (Å²) >= 11 is 0. The molecule has 7 nitrogen and oxygen atoms in total. The topological polar surface area (TPSA) is 86.8 Å². The number of carbonyl (C=O) groups is 2. The number of hydrogen-bond donors (Lipinski definition) is 1. The van der Waals surface area contributed by atoms with Crippen molar-refractivity contribution < 1.29 is 18.0 Å². The molecule has 8 heteroatoms. The van der Waals surface area contributed by atoms with E-state index >= 15 is 0 Å². The van der Waals surface area contributed by atoms with Crippen LogP contribution in [-0.2, 0) is 14.8 Å². The zero-order valence-electron chi connectivity index (χ0n) is 18.0. The Bertz CT molecular complexity index is 1030. The van der Waals surface area contributed by atoms with Crippen LogP contribution in [0.1, 0.15) is 49.9 Å². The van der Waals surface area contributed by atoms with Crippen molar-refractivity contribution in [3.8, 4) is 0 Å². The lowest BCUT2D eigenvalue weighted by atomic mass is 10.1. The lowest BCUT2D eigenvalue weighted by Gasteiger charge is -2.29. The Hall–Kier alpha value is -2.71. The standard InChI is InChI=1S/C23H29N3O4S/c1-3-5-15-25(16-6-4-2)31(29,30)19-13-11-18(12-14-19)23(28)26-17-22(27)24-20-9-7-8-10-21(20)26/h7-14H,3-6,15-17H2,1-2H3,(H,24,27). The highest BCUT2D eigenvalue weighted by Gasteiger charge is 2.28. The van der Waals surface area contributed by atoms with Crippen molar-refractivity contribution in [3.05, 3.63) is 54.1 Å². The second-order valence-electron chi connectivity index (χ2n) is 7.59. The van der Waals surface area contributed by atoms with Crippen molar-refractivity contribution in [1.29, 1.82) is 0 Å². The first-order valence-electron chi connectivity index (χ1n) is 10.7. The minimum atomic E-state index is -3.63. The number of fused-ring (bicyclic) bond motifs is 1. The fourth-order valence-corrected chi connectivity index (χ4v) is 5.03. The molecular weight excluding hydrogens is 414 g/mol. The van der Waals surface area contributed by atoms with Gasteiger partial charge in [0.05, 0.1) is 16.3 Å². The van der Waals surface area contributed by atoms with Crippen molar-refractivity contribution in [2.24, 2.45) is 0 Å². The van der Waals surface area contributed by atoms with Crippen molar-refractivity contribution in [2.75, 3.05) is 29.9 Å². The van der Waals surface area contributed by atoms with E-state index in [-0.39, 0.29) is 23.3 Å². The molecule has 0 spiro atoms. The summed E-state index contributed by atoms with van der Waals surface area (Å²) in [6.07, 6.45) is 3.43. The Balaban J connectivity index is 1.84. The van der Waals surface area contributed by atoms with Gasteiger partial charge in [0.2, 0.25) is 15.9 Å². The smallest absolute Gasteiger partial charge is 0.258 e. The Morgan fingerprint density at radius 3 is 2.23 bits per heavy atom. The Kier molecular flexibility index (Phi) is 7.46. The van der Waals surface area contributed by atoms with Gasteiger partial charge in [-0.3, -0.25) is 14.5 Å². The van der Waals surface area contributed by atoms with E-state index in [0.717, 1.165) is 25.7 Å². The van der Waals surface area contributed by atoms with Crippen LogP contribution in [0.25, 0.3) is 0 Å². The van der Waals surface area contributed by atoms with E-state index in [0.29, 0.717) is 30.0 Å². The van der Waals surface area contributed by atoms with Crippen LogP contribution in [0.5, 0.6) is 0 Å². The van der Waals surface area contributed by atoms with Crippen molar-refractivity contribution in [3.63, 3.8) is 0 Å². The van der Waals surface area contributed by atoms with Gasteiger partial charge in [0.1, 0.15) is 6.54 Å². The number of carbonyl (C=O) groups excluding carboxylic acids is 2. The van der Waals surface area contributed by atoms with Crippen LogP contribution in [0, 0.1) is 0 Å². The van der Waals surface area contributed by atoms with E-state index in [1.165, 1.54) is 33.5 Å². The van der Waals surface area contributed by atoms with E-state index in [1.807, 2.05) is 13.8 Å². The molecule has 0 unspecified atom stereocenters. The van der Waals surface area contributed by atoms with Crippen molar-refractivity contribution in [1.82, 2.24) is 4.31 Å². The molecular formula is C23H29N3O4S. The van der Waals surface area contributed by atoms with Gasteiger partial charge >= 0.3 is 0 Å². The highest BCUT2D eigenvalue weighted by Crippen LogP contribution is 2.30. The summed E-state index contributed by atoms with van der Waals surface area (Å²) in [6.45, 7) is 4.95. The summed E-state index contributed by atoms with van der Waals surface area (Å²) in [7, 11) is -3.63. The second-order valence-corrected chi connectivity index (χ2v) is 9.53. The van der Waals surface area contributed by atoms with Crippen LogP contribution < -0.4 is 10.2 Å². The second kappa shape index (κ2) is 10.1. The number of amides is 2. The largest absolute Gasteiger partial charge is 0.323 e. The molecule has 0 saturated carbocycles. The molecule has 166 valence electrons. The quantitative estimate of drug-likeness (QED) is 0.637. The summed E-state index contributed by atoms with van der Waals surface area (Å²) in [5.74, 6) is -0.617. The number of nitrogens with one attached hydrogen (secondary N) is 1. The molecule has 3 rings (SSSR count). The predicted molar refractivity (Wildman–Crippen MR) is 122 cm³/mol. The van der Waals surface area contributed by atoms with Gasteiger partial charge in [-0.05, 0) is 49.2 Å². The predicted octanol–water partition coefficient (Wildman–Crippen LogP) is 3.88. The Morgan fingerprint density at radius 1 is 1.00 bits per heavy atom. The Morgan fingerprint density at radius 2 is 1.61 bits per heavy atom. The number of nitrogens with zero attached hydrogens (tertiary/aromatic N) is 2. The summed E-state index contributed by atoms with van der Waals surface area (Å²) in [5, 5.41) is 2.75. The molecule has 0 fully saturated rings. The van der Waals surface area contributed by atoms with Crippen LogP contribution in [0.15, 0.2) is 53.4 Å².